The normalized spacial score (nSPS) is 13.1. The van der Waals surface area contributed by atoms with E-state index < -0.39 is 11.6 Å². The predicted molar refractivity (Wildman–Crippen MR) is 65.1 cm³/mol. The SMILES string of the molecule is COCC(C)Cn1c(N)nc2c(F)cc(F)cc21. The molecule has 0 bridgehead atoms. The molecule has 2 aromatic rings. The first-order valence-corrected chi connectivity index (χ1v) is 5.62. The second kappa shape index (κ2) is 4.89. The average molecular weight is 255 g/mol. The highest BCUT2D eigenvalue weighted by Crippen LogP contribution is 2.23. The molecule has 18 heavy (non-hydrogen) atoms. The molecule has 0 aliphatic rings. The van der Waals surface area contributed by atoms with Crippen LogP contribution in [0.4, 0.5) is 14.7 Å². The molecule has 0 spiro atoms. The summed E-state index contributed by atoms with van der Waals surface area (Å²) in [6.45, 7) is 3.00. The molecule has 1 heterocycles. The highest BCUT2D eigenvalue weighted by molar-refractivity contribution is 5.79. The zero-order valence-corrected chi connectivity index (χ0v) is 10.3. The maximum Gasteiger partial charge on any atom is 0.201 e. The number of fused-ring (bicyclic) bond motifs is 1. The fraction of sp³-hybridized carbons (Fsp3) is 0.417. The molecule has 0 fully saturated rings. The van der Waals surface area contributed by atoms with Gasteiger partial charge < -0.3 is 15.0 Å². The Hall–Kier alpha value is -1.69. The van der Waals surface area contributed by atoms with Crippen molar-refractivity contribution in [3.63, 3.8) is 0 Å². The molecule has 0 aliphatic carbocycles. The molecule has 0 saturated heterocycles. The molecule has 0 saturated carbocycles. The lowest BCUT2D eigenvalue weighted by molar-refractivity contribution is 0.152. The topological polar surface area (TPSA) is 53.1 Å². The Bertz CT molecular complexity index is 568. The third-order valence-electron chi connectivity index (χ3n) is 2.75. The van der Waals surface area contributed by atoms with Crippen LogP contribution in [0.1, 0.15) is 6.92 Å². The molecule has 6 heteroatoms. The first-order valence-electron chi connectivity index (χ1n) is 5.62. The zero-order chi connectivity index (χ0) is 13.3. The van der Waals surface area contributed by atoms with Crippen LogP contribution in [-0.2, 0) is 11.3 Å². The molecule has 1 aromatic carbocycles. The molecule has 98 valence electrons. The lowest BCUT2D eigenvalue weighted by Gasteiger charge is -2.13. The molecule has 0 aliphatic heterocycles. The number of nitrogens with two attached hydrogens (primary N) is 1. The van der Waals surface area contributed by atoms with Gasteiger partial charge in [-0.3, -0.25) is 0 Å². The minimum absolute atomic E-state index is 0.0958. The van der Waals surface area contributed by atoms with Gasteiger partial charge in [-0.15, -0.1) is 0 Å². The summed E-state index contributed by atoms with van der Waals surface area (Å²) in [6.07, 6.45) is 0. The molecular weight excluding hydrogens is 240 g/mol. The number of methoxy groups -OCH3 is 1. The van der Waals surface area contributed by atoms with Crippen LogP contribution >= 0.6 is 0 Å². The summed E-state index contributed by atoms with van der Waals surface area (Å²) in [7, 11) is 1.60. The number of benzene rings is 1. The van der Waals surface area contributed by atoms with E-state index in [9.17, 15) is 8.78 Å². The average Bonchev–Trinajstić information content (AvgIpc) is 2.58. The molecule has 2 rings (SSSR count). The second-order valence-corrected chi connectivity index (χ2v) is 4.40. The van der Waals surface area contributed by atoms with Crippen molar-refractivity contribution in [3.05, 3.63) is 23.8 Å². The maximum absolute atomic E-state index is 13.5. The van der Waals surface area contributed by atoms with Gasteiger partial charge in [0.1, 0.15) is 11.3 Å². The van der Waals surface area contributed by atoms with Gasteiger partial charge in [0, 0.05) is 25.8 Å². The summed E-state index contributed by atoms with van der Waals surface area (Å²) in [5, 5.41) is 0. The Morgan fingerprint density at radius 1 is 1.44 bits per heavy atom. The van der Waals surface area contributed by atoms with Gasteiger partial charge in [-0.05, 0) is 5.92 Å². The zero-order valence-electron chi connectivity index (χ0n) is 10.3. The molecular formula is C12H15F2N3O. The van der Waals surface area contributed by atoms with Crippen molar-refractivity contribution in [2.45, 2.75) is 13.5 Å². The van der Waals surface area contributed by atoms with Crippen molar-refractivity contribution in [2.24, 2.45) is 5.92 Å². The summed E-state index contributed by atoms with van der Waals surface area (Å²) in [6, 6.07) is 2.04. The Morgan fingerprint density at radius 2 is 2.17 bits per heavy atom. The van der Waals surface area contributed by atoms with Crippen molar-refractivity contribution >= 4 is 17.0 Å². The number of halogens is 2. The Kier molecular flexibility index (Phi) is 3.47. The van der Waals surface area contributed by atoms with Crippen molar-refractivity contribution in [1.82, 2.24) is 9.55 Å². The van der Waals surface area contributed by atoms with E-state index >= 15 is 0 Å². The Balaban J connectivity index is 2.46. The van der Waals surface area contributed by atoms with E-state index in [0.29, 0.717) is 18.7 Å². The second-order valence-electron chi connectivity index (χ2n) is 4.40. The van der Waals surface area contributed by atoms with Crippen LogP contribution in [0.5, 0.6) is 0 Å². The summed E-state index contributed by atoms with van der Waals surface area (Å²) < 4.78 is 33.4. The van der Waals surface area contributed by atoms with Gasteiger partial charge in [0.25, 0.3) is 0 Å². The van der Waals surface area contributed by atoms with E-state index in [2.05, 4.69) is 4.98 Å². The van der Waals surface area contributed by atoms with Gasteiger partial charge in [-0.25, -0.2) is 13.8 Å². The maximum atomic E-state index is 13.5. The summed E-state index contributed by atoms with van der Waals surface area (Å²) in [5.41, 5.74) is 6.20. The van der Waals surface area contributed by atoms with Gasteiger partial charge in [0.2, 0.25) is 5.95 Å². The van der Waals surface area contributed by atoms with Crippen molar-refractivity contribution < 1.29 is 13.5 Å². The number of hydrogen-bond acceptors (Lipinski definition) is 3. The number of imidazole rings is 1. The number of ether oxygens (including phenoxy) is 1. The number of rotatable bonds is 4. The van der Waals surface area contributed by atoms with Crippen molar-refractivity contribution in [2.75, 3.05) is 19.5 Å². The lowest BCUT2D eigenvalue weighted by Crippen LogP contribution is -2.14. The Morgan fingerprint density at radius 3 is 2.83 bits per heavy atom. The molecule has 1 atom stereocenters. The molecule has 4 nitrogen and oxygen atoms in total. The smallest absolute Gasteiger partial charge is 0.201 e. The minimum atomic E-state index is -0.699. The van der Waals surface area contributed by atoms with Crippen LogP contribution in [0.25, 0.3) is 11.0 Å². The van der Waals surface area contributed by atoms with Crippen LogP contribution in [0.2, 0.25) is 0 Å². The van der Waals surface area contributed by atoms with E-state index in [1.54, 1.807) is 11.7 Å². The number of nitrogens with zero attached hydrogens (tertiary/aromatic N) is 2. The monoisotopic (exact) mass is 255 g/mol. The third kappa shape index (κ3) is 2.28. The standard InChI is InChI=1S/C12H15F2N3O/c1-7(6-18-2)5-17-10-4-8(13)3-9(14)11(10)16-12(17)15/h3-4,7H,5-6H2,1-2H3,(H2,15,16). The lowest BCUT2D eigenvalue weighted by atomic mass is 10.2. The third-order valence-corrected chi connectivity index (χ3v) is 2.75. The first-order chi connectivity index (χ1) is 8.52. The summed E-state index contributed by atoms with van der Waals surface area (Å²) >= 11 is 0. The van der Waals surface area contributed by atoms with Crippen LogP contribution in [0.3, 0.4) is 0 Å². The van der Waals surface area contributed by atoms with Crippen LogP contribution in [0, 0.1) is 17.6 Å². The van der Waals surface area contributed by atoms with E-state index in [1.165, 1.54) is 6.07 Å². The van der Waals surface area contributed by atoms with E-state index in [4.69, 9.17) is 10.5 Å². The fourth-order valence-corrected chi connectivity index (χ4v) is 2.01. The quantitative estimate of drug-likeness (QED) is 0.911. The predicted octanol–water partition coefficient (Wildman–Crippen LogP) is 2.18. The van der Waals surface area contributed by atoms with Crippen molar-refractivity contribution in [1.29, 1.82) is 0 Å². The van der Waals surface area contributed by atoms with E-state index in [-0.39, 0.29) is 17.4 Å². The van der Waals surface area contributed by atoms with Crippen LogP contribution in [0.15, 0.2) is 12.1 Å². The summed E-state index contributed by atoms with van der Waals surface area (Å²) in [5.74, 6) is -0.992. The molecule has 1 aromatic heterocycles. The van der Waals surface area contributed by atoms with Gasteiger partial charge in [0.15, 0.2) is 5.82 Å². The highest BCUT2D eigenvalue weighted by Gasteiger charge is 2.15. The van der Waals surface area contributed by atoms with Gasteiger partial charge in [-0.2, -0.15) is 0 Å². The molecule has 0 radical (unpaired) electrons. The van der Waals surface area contributed by atoms with E-state index in [0.717, 1.165) is 6.07 Å². The fourth-order valence-electron chi connectivity index (χ4n) is 2.01. The van der Waals surface area contributed by atoms with Crippen LogP contribution < -0.4 is 5.73 Å². The number of hydrogen-bond donors (Lipinski definition) is 1. The van der Waals surface area contributed by atoms with Gasteiger partial charge in [-0.1, -0.05) is 6.92 Å². The molecule has 2 N–H and O–H groups in total. The van der Waals surface area contributed by atoms with Gasteiger partial charge in [0.05, 0.1) is 12.1 Å². The first kappa shape index (κ1) is 12.8. The largest absolute Gasteiger partial charge is 0.384 e. The number of anilines is 1. The molecule has 0 amide bonds. The van der Waals surface area contributed by atoms with Crippen molar-refractivity contribution in [3.8, 4) is 0 Å². The molecule has 1 unspecified atom stereocenters. The van der Waals surface area contributed by atoms with Crippen LogP contribution in [-0.4, -0.2) is 23.3 Å². The Labute approximate surface area is 103 Å². The summed E-state index contributed by atoms with van der Waals surface area (Å²) in [4.78, 5) is 3.93. The van der Waals surface area contributed by atoms with E-state index in [1.807, 2.05) is 6.92 Å². The highest BCUT2D eigenvalue weighted by atomic mass is 19.1. The number of nitrogen functional groups attached to an aromatic ring is 1. The van der Waals surface area contributed by atoms with Gasteiger partial charge >= 0.3 is 0 Å². The minimum Gasteiger partial charge on any atom is -0.384 e. The number of aromatic nitrogens is 2.